The minimum Gasteiger partial charge on any atom is -0.463 e. The van der Waals surface area contributed by atoms with Gasteiger partial charge >= 0.3 is 5.97 Å². The van der Waals surface area contributed by atoms with Crippen LogP contribution in [-0.2, 0) is 19.0 Å². The van der Waals surface area contributed by atoms with E-state index in [1.165, 1.54) is 0 Å². The average molecular weight is 198 g/mol. The summed E-state index contributed by atoms with van der Waals surface area (Å²) in [7, 11) is 0. The molecule has 3 aliphatic rings. The number of esters is 1. The summed E-state index contributed by atoms with van der Waals surface area (Å²) in [5, 5.41) is 0. The molecule has 78 valence electrons. The van der Waals surface area contributed by atoms with Gasteiger partial charge in [-0.1, -0.05) is 0 Å². The minimum absolute atomic E-state index is 0.00694. The molecule has 0 radical (unpaired) electrons. The van der Waals surface area contributed by atoms with Crippen LogP contribution in [0.4, 0.5) is 0 Å². The predicted octanol–water partition coefficient (Wildman–Crippen LogP) is 0.496. The van der Waals surface area contributed by atoms with Gasteiger partial charge in [-0.05, 0) is 19.3 Å². The molecule has 3 rings (SSSR count). The van der Waals surface area contributed by atoms with Gasteiger partial charge in [0.05, 0.1) is 24.7 Å². The number of carbonyl (C=O) groups is 1. The topological polar surface area (TPSA) is 51.4 Å². The van der Waals surface area contributed by atoms with Crippen LogP contribution >= 0.6 is 0 Å². The Morgan fingerprint density at radius 1 is 1.43 bits per heavy atom. The predicted molar refractivity (Wildman–Crippen MR) is 46.7 cm³/mol. The van der Waals surface area contributed by atoms with Crippen molar-refractivity contribution in [3.8, 4) is 0 Å². The minimum atomic E-state index is -0.0901. The van der Waals surface area contributed by atoms with Gasteiger partial charge in [0.2, 0.25) is 0 Å². The summed E-state index contributed by atoms with van der Waals surface area (Å²) in [6.45, 7) is 1.16. The molecule has 4 heteroatoms. The lowest BCUT2D eigenvalue weighted by Crippen LogP contribution is -2.27. The molecule has 2 heterocycles. The van der Waals surface area contributed by atoms with Crippen molar-refractivity contribution in [2.75, 3.05) is 13.2 Å². The van der Waals surface area contributed by atoms with E-state index in [1.54, 1.807) is 0 Å². The number of carbonyl (C=O) groups excluding carboxylic acids is 1. The van der Waals surface area contributed by atoms with E-state index in [1.807, 2.05) is 0 Å². The fourth-order valence-electron chi connectivity index (χ4n) is 2.14. The quantitative estimate of drug-likeness (QED) is 0.489. The molecule has 0 bridgehead atoms. The Morgan fingerprint density at radius 3 is 3.07 bits per heavy atom. The van der Waals surface area contributed by atoms with Crippen LogP contribution in [0.2, 0.25) is 0 Å². The Hall–Kier alpha value is -0.610. The highest BCUT2D eigenvalue weighted by atomic mass is 16.6. The lowest BCUT2D eigenvalue weighted by Gasteiger charge is -2.16. The number of epoxide rings is 2. The normalized spacial score (nSPS) is 44.0. The first-order valence-corrected chi connectivity index (χ1v) is 5.28. The van der Waals surface area contributed by atoms with Crippen molar-refractivity contribution in [3.63, 3.8) is 0 Å². The molecule has 4 atom stereocenters. The van der Waals surface area contributed by atoms with E-state index in [-0.39, 0.29) is 24.1 Å². The molecular weight excluding hydrogens is 184 g/mol. The van der Waals surface area contributed by atoms with Crippen LogP contribution in [0.15, 0.2) is 0 Å². The lowest BCUT2D eigenvalue weighted by molar-refractivity contribution is -0.150. The average Bonchev–Trinajstić information content (AvgIpc) is 3.05. The maximum atomic E-state index is 11.6. The Kier molecular flexibility index (Phi) is 1.99. The number of hydrogen-bond acceptors (Lipinski definition) is 4. The third-order valence-corrected chi connectivity index (χ3v) is 3.14. The molecule has 0 aromatic heterocycles. The second-order valence-corrected chi connectivity index (χ2v) is 4.26. The van der Waals surface area contributed by atoms with Gasteiger partial charge in [0.25, 0.3) is 0 Å². The van der Waals surface area contributed by atoms with Crippen molar-refractivity contribution in [2.24, 2.45) is 5.92 Å². The fraction of sp³-hybridized carbons (Fsp3) is 0.900. The van der Waals surface area contributed by atoms with Crippen LogP contribution in [0.1, 0.15) is 19.3 Å². The number of ether oxygens (including phenoxy) is 3. The molecule has 14 heavy (non-hydrogen) atoms. The number of rotatable bonds is 3. The third kappa shape index (κ3) is 1.64. The summed E-state index contributed by atoms with van der Waals surface area (Å²) in [6.07, 6.45) is 3.79. The molecule has 0 N–H and O–H groups in total. The monoisotopic (exact) mass is 198 g/mol. The maximum Gasteiger partial charge on any atom is 0.311 e. The fourth-order valence-corrected chi connectivity index (χ4v) is 2.14. The Labute approximate surface area is 82.5 Å². The summed E-state index contributed by atoms with van der Waals surface area (Å²) in [5.41, 5.74) is 0. The molecule has 2 aliphatic heterocycles. The van der Waals surface area contributed by atoms with Crippen LogP contribution in [-0.4, -0.2) is 37.5 Å². The van der Waals surface area contributed by atoms with Gasteiger partial charge in [0.1, 0.15) is 12.7 Å². The van der Waals surface area contributed by atoms with Crippen molar-refractivity contribution < 1.29 is 19.0 Å². The Balaban J connectivity index is 1.50. The first-order valence-electron chi connectivity index (χ1n) is 5.28. The van der Waals surface area contributed by atoms with Crippen LogP contribution in [0.3, 0.4) is 0 Å². The summed E-state index contributed by atoms with van der Waals surface area (Å²) >= 11 is 0. The molecule has 1 aliphatic carbocycles. The van der Waals surface area contributed by atoms with E-state index in [0.717, 1.165) is 25.9 Å². The van der Waals surface area contributed by atoms with Crippen LogP contribution in [0, 0.1) is 5.92 Å². The zero-order valence-corrected chi connectivity index (χ0v) is 7.98. The van der Waals surface area contributed by atoms with Crippen molar-refractivity contribution in [3.05, 3.63) is 0 Å². The molecule has 2 saturated heterocycles. The van der Waals surface area contributed by atoms with Crippen molar-refractivity contribution in [1.29, 1.82) is 0 Å². The van der Waals surface area contributed by atoms with E-state index in [2.05, 4.69) is 0 Å². The molecule has 0 aromatic rings. The van der Waals surface area contributed by atoms with Gasteiger partial charge in [-0.25, -0.2) is 0 Å². The van der Waals surface area contributed by atoms with Gasteiger partial charge in [0, 0.05) is 0 Å². The van der Waals surface area contributed by atoms with Crippen LogP contribution in [0.25, 0.3) is 0 Å². The van der Waals surface area contributed by atoms with Crippen LogP contribution in [0.5, 0.6) is 0 Å². The van der Waals surface area contributed by atoms with E-state index in [9.17, 15) is 4.79 Å². The van der Waals surface area contributed by atoms with E-state index >= 15 is 0 Å². The largest absolute Gasteiger partial charge is 0.463 e. The van der Waals surface area contributed by atoms with Crippen molar-refractivity contribution in [2.45, 2.75) is 37.6 Å². The number of hydrogen-bond donors (Lipinski definition) is 0. The van der Waals surface area contributed by atoms with Gasteiger partial charge in [-0.15, -0.1) is 0 Å². The molecule has 4 unspecified atom stereocenters. The van der Waals surface area contributed by atoms with E-state index in [0.29, 0.717) is 12.7 Å². The first kappa shape index (κ1) is 8.68. The second kappa shape index (κ2) is 3.21. The Bertz CT molecular complexity index is 249. The summed E-state index contributed by atoms with van der Waals surface area (Å²) in [5.74, 6) is -0.0970. The molecule has 0 amide bonds. The number of fused-ring (bicyclic) bond motifs is 1. The highest BCUT2D eigenvalue weighted by Crippen LogP contribution is 2.41. The second-order valence-electron chi connectivity index (χ2n) is 4.26. The van der Waals surface area contributed by atoms with Crippen molar-refractivity contribution in [1.82, 2.24) is 0 Å². The zero-order chi connectivity index (χ0) is 9.54. The first-order chi connectivity index (χ1) is 6.84. The standard InChI is InChI=1S/C10H14O4/c11-10(13-5-6-4-12-6)7-2-1-3-8-9(7)14-8/h6-9H,1-5H2. The molecule has 4 nitrogen and oxygen atoms in total. The van der Waals surface area contributed by atoms with Gasteiger partial charge in [0.15, 0.2) is 0 Å². The van der Waals surface area contributed by atoms with E-state index < -0.39 is 0 Å². The Morgan fingerprint density at radius 2 is 2.29 bits per heavy atom. The SMILES string of the molecule is O=C(OCC1CO1)C1CCCC2OC21. The maximum absolute atomic E-state index is 11.6. The third-order valence-electron chi connectivity index (χ3n) is 3.14. The zero-order valence-electron chi connectivity index (χ0n) is 7.98. The van der Waals surface area contributed by atoms with Gasteiger partial charge < -0.3 is 14.2 Å². The summed E-state index contributed by atoms with van der Waals surface area (Å²) in [4.78, 5) is 11.6. The smallest absolute Gasteiger partial charge is 0.311 e. The molecule has 1 saturated carbocycles. The highest BCUT2D eigenvalue weighted by Gasteiger charge is 2.50. The van der Waals surface area contributed by atoms with Crippen LogP contribution < -0.4 is 0 Å². The van der Waals surface area contributed by atoms with Gasteiger partial charge in [-0.3, -0.25) is 4.79 Å². The molecule has 3 fully saturated rings. The van der Waals surface area contributed by atoms with Crippen molar-refractivity contribution >= 4 is 5.97 Å². The summed E-state index contributed by atoms with van der Waals surface area (Å²) in [6, 6.07) is 0. The summed E-state index contributed by atoms with van der Waals surface area (Å²) < 4.78 is 15.5. The lowest BCUT2D eigenvalue weighted by atomic mass is 9.89. The molecule has 0 spiro atoms. The molecular formula is C10H14O4. The molecule has 0 aromatic carbocycles. The van der Waals surface area contributed by atoms with E-state index in [4.69, 9.17) is 14.2 Å². The highest BCUT2D eigenvalue weighted by molar-refractivity contribution is 5.74. The van der Waals surface area contributed by atoms with Gasteiger partial charge in [-0.2, -0.15) is 0 Å².